The summed E-state index contributed by atoms with van der Waals surface area (Å²) in [5, 5.41) is 0. The van der Waals surface area contributed by atoms with Gasteiger partial charge in [-0.1, -0.05) is 17.7 Å². The largest absolute Gasteiger partial charge is 0.490 e. The third-order valence-electron chi connectivity index (χ3n) is 4.67. The highest BCUT2D eigenvalue weighted by Crippen LogP contribution is 2.19. The van der Waals surface area contributed by atoms with Crippen molar-refractivity contribution >= 4 is 5.91 Å². The van der Waals surface area contributed by atoms with E-state index in [2.05, 4.69) is 19.1 Å². The summed E-state index contributed by atoms with van der Waals surface area (Å²) in [6, 6.07) is 8.12. The van der Waals surface area contributed by atoms with Crippen molar-refractivity contribution in [2.24, 2.45) is 0 Å². The second-order valence-corrected chi connectivity index (χ2v) is 6.66. The maximum Gasteiger partial charge on any atom is 0.248 e. The molecule has 2 aliphatic rings. The van der Waals surface area contributed by atoms with E-state index in [1.807, 2.05) is 17.0 Å². The van der Waals surface area contributed by atoms with Crippen LogP contribution >= 0.6 is 0 Å². The number of hydrogen-bond donors (Lipinski definition) is 0. The number of carbonyl (C=O) groups is 1. The second-order valence-electron chi connectivity index (χ2n) is 6.66. The minimum absolute atomic E-state index is 0.0711. The fourth-order valence-electron chi connectivity index (χ4n) is 3.18. The van der Waals surface area contributed by atoms with Crippen LogP contribution in [0.4, 0.5) is 0 Å². The van der Waals surface area contributed by atoms with E-state index in [-0.39, 0.29) is 24.7 Å². The van der Waals surface area contributed by atoms with Gasteiger partial charge in [0.05, 0.1) is 12.7 Å². The number of likely N-dealkylation sites (tertiary alicyclic amines) is 1. The maximum absolute atomic E-state index is 12.2. The highest BCUT2D eigenvalue weighted by Gasteiger charge is 2.24. The summed E-state index contributed by atoms with van der Waals surface area (Å²) in [7, 11) is 0. The van der Waals surface area contributed by atoms with Crippen LogP contribution in [0.1, 0.15) is 31.2 Å². The number of rotatable bonds is 6. The summed E-state index contributed by atoms with van der Waals surface area (Å²) >= 11 is 0. The van der Waals surface area contributed by atoms with Gasteiger partial charge in [-0.05, 0) is 31.9 Å². The standard InChI is InChI=1S/C19H27NO4/c1-15-4-6-16(7-5-15)24-17-8-10-20(11-9-17)19(21)14-22-13-18-3-2-12-23-18/h4-7,17-18H,2-3,8-14H2,1H3/t18-/m1/s1. The molecule has 1 aromatic carbocycles. The van der Waals surface area contributed by atoms with E-state index in [4.69, 9.17) is 14.2 Å². The first-order chi connectivity index (χ1) is 11.7. The van der Waals surface area contributed by atoms with Gasteiger partial charge in [0.1, 0.15) is 18.5 Å². The number of carbonyl (C=O) groups excluding carboxylic acids is 1. The third kappa shape index (κ3) is 4.95. The van der Waals surface area contributed by atoms with E-state index in [0.29, 0.717) is 6.61 Å². The normalized spacial score (nSPS) is 21.9. The number of ether oxygens (including phenoxy) is 3. The first-order valence-corrected chi connectivity index (χ1v) is 8.91. The van der Waals surface area contributed by atoms with Crippen molar-refractivity contribution in [1.29, 1.82) is 0 Å². The molecule has 5 heteroatoms. The molecule has 0 bridgehead atoms. The molecule has 0 radical (unpaired) electrons. The lowest BCUT2D eigenvalue weighted by molar-refractivity contribution is -0.139. The van der Waals surface area contributed by atoms with Crippen LogP contribution in [0.2, 0.25) is 0 Å². The third-order valence-corrected chi connectivity index (χ3v) is 4.67. The average Bonchev–Trinajstić information content (AvgIpc) is 3.11. The van der Waals surface area contributed by atoms with Gasteiger partial charge in [0.2, 0.25) is 5.91 Å². The number of aryl methyl sites for hydroxylation is 1. The summed E-state index contributed by atoms with van der Waals surface area (Å²) in [6.07, 6.45) is 4.22. The quantitative estimate of drug-likeness (QED) is 0.803. The Morgan fingerprint density at radius 2 is 1.96 bits per heavy atom. The Balaban J connectivity index is 1.34. The van der Waals surface area contributed by atoms with Gasteiger partial charge in [0, 0.05) is 32.5 Å². The molecule has 3 rings (SSSR count). The number of amides is 1. The van der Waals surface area contributed by atoms with Crippen molar-refractivity contribution in [3.63, 3.8) is 0 Å². The lowest BCUT2D eigenvalue weighted by atomic mass is 10.1. The molecular formula is C19H27NO4. The van der Waals surface area contributed by atoms with Crippen LogP contribution in [0.5, 0.6) is 5.75 Å². The molecule has 0 spiro atoms. The van der Waals surface area contributed by atoms with Gasteiger partial charge in [0.15, 0.2) is 0 Å². The van der Waals surface area contributed by atoms with Crippen molar-refractivity contribution in [1.82, 2.24) is 4.90 Å². The zero-order valence-electron chi connectivity index (χ0n) is 14.4. The number of nitrogens with zero attached hydrogens (tertiary/aromatic N) is 1. The highest BCUT2D eigenvalue weighted by molar-refractivity contribution is 5.77. The van der Waals surface area contributed by atoms with Crippen molar-refractivity contribution in [3.05, 3.63) is 29.8 Å². The minimum Gasteiger partial charge on any atom is -0.490 e. The average molecular weight is 333 g/mol. The van der Waals surface area contributed by atoms with Crippen LogP contribution in [-0.4, -0.2) is 55.9 Å². The molecule has 5 nitrogen and oxygen atoms in total. The van der Waals surface area contributed by atoms with Crippen LogP contribution in [-0.2, 0) is 14.3 Å². The van der Waals surface area contributed by atoms with E-state index in [1.165, 1.54) is 5.56 Å². The smallest absolute Gasteiger partial charge is 0.248 e. The zero-order chi connectivity index (χ0) is 16.8. The summed E-state index contributed by atoms with van der Waals surface area (Å²) in [5.41, 5.74) is 1.23. The molecule has 0 aliphatic carbocycles. The van der Waals surface area contributed by atoms with E-state index in [1.54, 1.807) is 0 Å². The molecule has 1 atom stereocenters. The van der Waals surface area contributed by atoms with Crippen molar-refractivity contribution in [2.75, 3.05) is 32.9 Å². The lowest BCUT2D eigenvalue weighted by Crippen LogP contribution is -2.43. The van der Waals surface area contributed by atoms with Gasteiger partial charge in [-0.15, -0.1) is 0 Å². The van der Waals surface area contributed by atoms with E-state index < -0.39 is 0 Å². The molecule has 1 amide bonds. The molecule has 2 saturated heterocycles. The Bertz CT molecular complexity index is 517. The molecule has 0 unspecified atom stereocenters. The number of benzene rings is 1. The Morgan fingerprint density at radius 3 is 2.62 bits per heavy atom. The zero-order valence-corrected chi connectivity index (χ0v) is 14.4. The molecule has 2 aliphatic heterocycles. The molecule has 24 heavy (non-hydrogen) atoms. The van der Waals surface area contributed by atoms with Gasteiger partial charge < -0.3 is 19.1 Å². The van der Waals surface area contributed by atoms with Crippen LogP contribution in [0.25, 0.3) is 0 Å². The predicted octanol–water partition coefficient (Wildman–Crippen LogP) is 2.56. The Morgan fingerprint density at radius 1 is 1.21 bits per heavy atom. The summed E-state index contributed by atoms with van der Waals surface area (Å²) < 4.78 is 17.0. The SMILES string of the molecule is Cc1ccc(OC2CCN(C(=O)COC[C@H]3CCCO3)CC2)cc1. The van der Waals surface area contributed by atoms with Gasteiger partial charge in [0.25, 0.3) is 0 Å². The van der Waals surface area contributed by atoms with Crippen molar-refractivity contribution in [3.8, 4) is 5.75 Å². The van der Waals surface area contributed by atoms with Crippen LogP contribution < -0.4 is 4.74 Å². The molecule has 0 N–H and O–H groups in total. The first-order valence-electron chi connectivity index (χ1n) is 8.91. The molecule has 0 aromatic heterocycles. The topological polar surface area (TPSA) is 48.0 Å². The van der Waals surface area contributed by atoms with Crippen LogP contribution in [0.15, 0.2) is 24.3 Å². The lowest BCUT2D eigenvalue weighted by Gasteiger charge is -2.32. The summed E-state index contributed by atoms with van der Waals surface area (Å²) in [5.74, 6) is 0.979. The molecule has 132 valence electrons. The molecule has 0 saturated carbocycles. The number of piperidine rings is 1. The first kappa shape index (κ1) is 17.2. The second kappa shape index (κ2) is 8.49. The number of hydrogen-bond acceptors (Lipinski definition) is 4. The Kier molecular flexibility index (Phi) is 6.10. The van der Waals surface area contributed by atoms with E-state index in [0.717, 1.165) is 51.1 Å². The summed E-state index contributed by atoms with van der Waals surface area (Å²) in [6.45, 7) is 5.03. The van der Waals surface area contributed by atoms with Gasteiger partial charge in [-0.3, -0.25) is 4.79 Å². The predicted molar refractivity (Wildman–Crippen MR) is 91.2 cm³/mol. The van der Waals surface area contributed by atoms with Gasteiger partial charge in [-0.2, -0.15) is 0 Å². The van der Waals surface area contributed by atoms with Crippen molar-refractivity contribution in [2.45, 2.75) is 44.8 Å². The minimum atomic E-state index is 0.0711. The van der Waals surface area contributed by atoms with E-state index >= 15 is 0 Å². The molecule has 1 aromatic rings. The monoisotopic (exact) mass is 333 g/mol. The Hall–Kier alpha value is -1.59. The fourth-order valence-corrected chi connectivity index (χ4v) is 3.18. The molecule has 2 heterocycles. The maximum atomic E-state index is 12.2. The van der Waals surface area contributed by atoms with E-state index in [9.17, 15) is 4.79 Å². The fraction of sp³-hybridized carbons (Fsp3) is 0.632. The van der Waals surface area contributed by atoms with Crippen LogP contribution in [0.3, 0.4) is 0 Å². The molecule has 2 fully saturated rings. The van der Waals surface area contributed by atoms with Gasteiger partial charge >= 0.3 is 0 Å². The molecular weight excluding hydrogens is 306 g/mol. The van der Waals surface area contributed by atoms with Crippen molar-refractivity contribution < 1.29 is 19.0 Å². The Labute approximate surface area is 143 Å². The highest BCUT2D eigenvalue weighted by atomic mass is 16.5. The van der Waals surface area contributed by atoms with Crippen LogP contribution in [0, 0.1) is 6.92 Å². The van der Waals surface area contributed by atoms with Gasteiger partial charge in [-0.25, -0.2) is 0 Å². The summed E-state index contributed by atoms with van der Waals surface area (Å²) in [4.78, 5) is 14.1.